The summed E-state index contributed by atoms with van der Waals surface area (Å²) >= 11 is 0. The van der Waals surface area contributed by atoms with Crippen LogP contribution in [0.1, 0.15) is 5.56 Å². The number of aryl methyl sites for hydroxylation is 1. The Labute approximate surface area is 139 Å². The van der Waals surface area contributed by atoms with Gasteiger partial charge in [0.15, 0.2) is 23.0 Å². The molecule has 0 fully saturated rings. The Kier molecular flexibility index (Phi) is 3.34. The average Bonchev–Trinajstić information content (AvgIpc) is 3.04. The van der Waals surface area contributed by atoms with Gasteiger partial charge in [-0.3, -0.25) is 4.40 Å². The van der Waals surface area contributed by atoms with Crippen LogP contribution >= 0.6 is 0 Å². The first kappa shape index (κ1) is 14.5. The third-order valence-corrected chi connectivity index (χ3v) is 4.25. The maximum absolute atomic E-state index is 5.57. The number of fused-ring (bicyclic) bond motifs is 3. The van der Waals surface area contributed by atoms with Crippen LogP contribution in [0, 0.1) is 6.92 Å². The van der Waals surface area contributed by atoms with Crippen LogP contribution in [0.4, 0.5) is 0 Å². The Balaban J connectivity index is 2.11. The fraction of sp³-hybridized carbons (Fsp3) is 0.158. The highest BCUT2D eigenvalue weighted by atomic mass is 16.5. The molecule has 5 nitrogen and oxygen atoms in total. The summed E-state index contributed by atoms with van der Waals surface area (Å²) < 4.78 is 13.0. The van der Waals surface area contributed by atoms with E-state index in [0.29, 0.717) is 11.5 Å². The van der Waals surface area contributed by atoms with E-state index in [1.165, 1.54) is 10.9 Å². The second kappa shape index (κ2) is 5.53. The summed E-state index contributed by atoms with van der Waals surface area (Å²) in [5.41, 5.74) is 3.90. The van der Waals surface area contributed by atoms with Gasteiger partial charge in [0.1, 0.15) is 0 Å². The fourth-order valence-electron chi connectivity index (χ4n) is 3.14. The number of ether oxygens (including phenoxy) is 2. The molecule has 0 unspecified atom stereocenters. The van der Waals surface area contributed by atoms with Gasteiger partial charge >= 0.3 is 0 Å². The third kappa shape index (κ3) is 2.01. The molecule has 0 saturated carbocycles. The topological polar surface area (TPSA) is 48.7 Å². The quantitative estimate of drug-likeness (QED) is 0.575. The van der Waals surface area contributed by atoms with Gasteiger partial charge in [-0.15, -0.1) is 10.2 Å². The molecule has 4 rings (SSSR count). The van der Waals surface area contributed by atoms with E-state index in [9.17, 15) is 0 Å². The highest BCUT2D eigenvalue weighted by Crippen LogP contribution is 2.38. The molecule has 0 aliphatic carbocycles. The van der Waals surface area contributed by atoms with Crippen molar-refractivity contribution in [1.29, 1.82) is 0 Å². The number of hydrogen-bond donors (Lipinski definition) is 0. The summed E-state index contributed by atoms with van der Waals surface area (Å²) in [5.74, 6) is 2.05. The molecule has 4 aromatic rings. The smallest absolute Gasteiger partial charge is 0.172 e. The highest BCUT2D eigenvalue weighted by Gasteiger charge is 2.18. The van der Waals surface area contributed by atoms with Crippen molar-refractivity contribution < 1.29 is 9.47 Å². The minimum Gasteiger partial charge on any atom is -0.493 e. The van der Waals surface area contributed by atoms with Gasteiger partial charge in [-0.2, -0.15) is 0 Å². The molecule has 0 saturated heterocycles. The molecular weight excluding hydrogens is 302 g/mol. The van der Waals surface area contributed by atoms with Gasteiger partial charge in [-0.25, -0.2) is 0 Å². The zero-order chi connectivity index (χ0) is 16.7. The molecular formula is C19H17N3O2. The lowest BCUT2D eigenvalue weighted by Crippen LogP contribution is -1.97. The Hall–Kier alpha value is -3.08. The van der Waals surface area contributed by atoms with E-state index < -0.39 is 0 Å². The Morgan fingerprint density at radius 3 is 2.54 bits per heavy atom. The van der Waals surface area contributed by atoms with Crippen molar-refractivity contribution in [2.24, 2.45) is 0 Å². The first-order chi connectivity index (χ1) is 11.7. The molecule has 0 bridgehead atoms. The molecule has 2 aromatic carbocycles. The molecule has 2 aromatic heterocycles. The lowest BCUT2D eigenvalue weighted by atomic mass is 10.1. The van der Waals surface area contributed by atoms with E-state index in [1.54, 1.807) is 14.2 Å². The van der Waals surface area contributed by atoms with Crippen LogP contribution in [-0.2, 0) is 0 Å². The van der Waals surface area contributed by atoms with Crippen LogP contribution in [0.5, 0.6) is 11.5 Å². The molecule has 0 amide bonds. The monoisotopic (exact) mass is 319 g/mol. The first-order valence-corrected chi connectivity index (χ1v) is 7.69. The van der Waals surface area contributed by atoms with Crippen molar-refractivity contribution in [3.05, 3.63) is 54.1 Å². The first-order valence-electron chi connectivity index (χ1n) is 7.69. The second-order valence-electron chi connectivity index (χ2n) is 5.60. The average molecular weight is 319 g/mol. The number of para-hydroxylation sites is 2. The zero-order valence-corrected chi connectivity index (χ0v) is 13.8. The number of aromatic nitrogens is 3. The molecule has 0 radical (unpaired) electrons. The number of pyridine rings is 1. The predicted octanol–water partition coefficient (Wildman–Crippen LogP) is 3.88. The van der Waals surface area contributed by atoms with Crippen molar-refractivity contribution >= 4 is 16.6 Å². The summed E-state index contributed by atoms with van der Waals surface area (Å²) in [6, 6.07) is 16.1. The van der Waals surface area contributed by atoms with Crippen molar-refractivity contribution in [1.82, 2.24) is 14.6 Å². The van der Waals surface area contributed by atoms with Gasteiger partial charge in [0.25, 0.3) is 0 Å². The number of methoxy groups -OCH3 is 2. The standard InChI is InChI=1S/C19H17N3O2/c1-12-11-17-20-21-19(22(17)15-9-5-4-7-13(12)15)14-8-6-10-16(23-2)18(14)24-3/h4-11H,1-3H3. The molecule has 0 atom stereocenters. The van der Waals surface area contributed by atoms with Crippen molar-refractivity contribution in [2.75, 3.05) is 14.2 Å². The number of hydrogen-bond acceptors (Lipinski definition) is 4. The van der Waals surface area contributed by atoms with Gasteiger partial charge in [0, 0.05) is 5.39 Å². The Morgan fingerprint density at radius 2 is 1.75 bits per heavy atom. The van der Waals surface area contributed by atoms with E-state index >= 15 is 0 Å². The van der Waals surface area contributed by atoms with Gasteiger partial charge in [0.2, 0.25) is 0 Å². The van der Waals surface area contributed by atoms with Crippen LogP contribution in [0.2, 0.25) is 0 Å². The molecule has 24 heavy (non-hydrogen) atoms. The van der Waals surface area contributed by atoms with Crippen LogP contribution in [-0.4, -0.2) is 28.8 Å². The van der Waals surface area contributed by atoms with Gasteiger partial charge < -0.3 is 9.47 Å². The lowest BCUT2D eigenvalue weighted by Gasteiger charge is -2.12. The predicted molar refractivity (Wildman–Crippen MR) is 93.8 cm³/mol. The highest BCUT2D eigenvalue weighted by molar-refractivity contribution is 5.87. The third-order valence-electron chi connectivity index (χ3n) is 4.25. The maximum atomic E-state index is 5.57. The van der Waals surface area contributed by atoms with Crippen LogP contribution < -0.4 is 9.47 Å². The molecule has 0 N–H and O–H groups in total. The number of nitrogens with zero attached hydrogens (tertiary/aromatic N) is 3. The van der Waals surface area contributed by atoms with Crippen LogP contribution in [0.15, 0.2) is 48.5 Å². The number of benzene rings is 2. The number of rotatable bonds is 3. The summed E-state index contributed by atoms with van der Waals surface area (Å²) in [6.07, 6.45) is 0. The minimum atomic E-state index is 0.652. The molecule has 0 spiro atoms. The molecule has 2 heterocycles. The fourth-order valence-corrected chi connectivity index (χ4v) is 3.14. The summed E-state index contributed by atoms with van der Waals surface area (Å²) in [4.78, 5) is 0. The minimum absolute atomic E-state index is 0.652. The van der Waals surface area contributed by atoms with Crippen molar-refractivity contribution in [2.45, 2.75) is 6.92 Å². The van der Waals surface area contributed by atoms with E-state index in [-0.39, 0.29) is 0 Å². The van der Waals surface area contributed by atoms with Crippen LogP contribution in [0.3, 0.4) is 0 Å². The summed E-state index contributed by atoms with van der Waals surface area (Å²) in [5, 5.41) is 9.95. The van der Waals surface area contributed by atoms with E-state index in [1.807, 2.05) is 36.4 Å². The lowest BCUT2D eigenvalue weighted by molar-refractivity contribution is 0.356. The molecule has 120 valence electrons. The second-order valence-corrected chi connectivity index (χ2v) is 5.60. The van der Waals surface area contributed by atoms with Gasteiger partial charge in [0.05, 0.1) is 25.3 Å². The molecule has 0 aliphatic heterocycles. The van der Waals surface area contributed by atoms with Gasteiger partial charge in [-0.05, 0) is 36.8 Å². The van der Waals surface area contributed by atoms with Crippen molar-refractivity contribution in [3.8, 4) is 22.9 Å². The Bertz CT molecular complexity index is 1050. The summed E-state index contributed by atoms with van der Waals surface area (Å²) in [7, 11) is 3.26. The SMILES string of the molecule is COc1cccc(-c2nnc3cc(C)c4ccccc4n23)c1OC. The zero-order valence-electron chi connectivity index (χ0n) is 13.8. The maximum Gasteiger partial charge on any atom is 0.172 e. The normalized spacial score (nSPS) is 11.1. The largest absolute Gasteiger partial charge is 0.493 e. The van der Waals surface area contributed by atoms with Crippen LogP contribution in [0.25, 0.3) is 27.9 Å². The van der Waals surface area contributed by atoms with E-state index in [4.69, 9.17) is 9.47 Å². The van der Waals surface area contributed by atoms with Gasteiger partial charge in [-0.1, -0.05) is 24.3 Å². The Morgan fingerprint density at radius 1 is 0.917 bits per heavy atom. The van der Waals surface area contributed by atoms with E-state index in [0.717, 1.165) is 22.6 Å². The summed E-state index contributed by atoms with van der Waals surface area (Å²) in [6.45, 7) is 2.09. The van der Waals surface area contributed by atoms with E-state index in [2.05, 4.69) is 33.7 Å². The molecule has 0 aliphatic rings. The van der Waals surface area contributed by atoms with Crippen molar-refractivity contribution in [3.63, 3.8) is 0 Å². The molecule has 5 heteroatoms.